The minimum Gasteiger partial charge on any atom is -0.334 e. The lowest BCUT2D eigenvalue weighted by Crippen LogP contribution is -2.27. The van der Waals surface area contributed by atoms with E-state index in [0.29, 0.717) is 11.6 Å². The number of amides is 1. The second kappa shape index (κ2) is 5.36. The highest BCUT2D eigenvalue weighted by molar-refractivity contribution is 6.33. The van der Waals surface area contributed by atoms with Crippen molar-refractivity contribution in [1.82, 2.24) is 20.1 Å². The molecular weight excluding hydrogens is 271 g/mol. The van der Waals surface area contributed by atoms with E-state index in [4.69, 9.17) is 11.6 Å². The van der Waals surface area contributed by atoms with Crippen molar-refractivity contribution in [2.45, 2.75) is 13.5 Å². The maximum absolute atomic E-state index is 13.6. The molecule has 0 aliphatic carbocycles. The predicted octanol–water partition coefficient (Wildman–Crippen LogP) is 2.18. The summed E-state index contributed by atoms with van der Waals surface area (Å²) in [5, 5.41) is 6.68. The molecular formula is C12H12ClFN4O. The first-order valence-electron chi connectivity index (χ1n) is 5.56. The maximum atomic E-state index is 13.6. The molecule has 0 bridgehead atoms. The fraction of sp³-hybridized carbons (Fsp3) is 0.250. The Morgan fingerprint density at radius 1 is 1.53 bits per heavy atom. The molecule has 1 heterocycles. The number of nitrogens with one attached hydrogen (secondary N) is 1. The van der Waals surface area contributed by atoms with Gasteiger partial charge in [-0.15, -0.1) is 0 Å². The Morgan fingerprint density at radius 2 is 2.26 bits per heavy atom. The van der Waals surface area contributed by atoms with Crippen LogP contribution in [0.4, 0.5) is 4.39 Å². The van der Waals surface area contributed by atoms with Gasteiger partial charge < -0.3 is 4.90 Å². The molecule has 19 heavy (non-hydrogen) atoms. The minimum absolute atomic E-state index is 0.0861. The Kier molecular flexibility index (Phi) is 3.80. The van der Waals surface area contributed by atoms with E-state index in [1.807, 2.05) is 0 Å². The van der Waals surface area contributed by atoms with E-state index >= 15 is 0 Å². The number of hydrogen-bond acceptors (Lipinski definition) is 3. The number of carbonyl (C=O) groups is 1. The summed E-state index contributed by atoms with van der Waals surface area (Å²) in [5.74, 6) is -0.0401. The molecule has 2 aromatic rings. The highest BCUT2D eigenvalue weighted by Gasteiger charge is 2.20. The normalized spacial score (nSPS) is 10.5. The van der Waals surface area contributed by atoms with E-state index in [9.17, 15) is 9.18 Å². The highest BCUT2D eigenvalue weighted by Crippen LogP contribution is 2.20. The average molecular weight is 283 g/mol. The molecule has 0 spiro atoms. The van der Waals surface area contributed by atoms with Crippen LogP contribution >= 0.6 is 11.6 Å². The maximum Gasteiger partial charge on any atom is 0.258 e. The van der Waals surface area contributed by atoms with Crippen molar-refractivity contribution in [3.8, 4) is 0 Å². The molecule has 0 saturated carbocycles. The topological polar surface area (TPSA) is 61.9 Å². The number of hydrogen-bond donors (Lipinski definition) is 1. The van der Waals surface area contributed by atoms with Crippen LogP contribution in [0.25, 0.3) is 0 Å². The quantitative estimate of drug-likeness (QED) is 0.938. The number of aromatic amines is 1. The van der Waals surface area contributed by atoms with Crippen LogP contribution in [-0.4, -0.2) is 33.0 Å². The molecule has 1 N–H and O–H groups in total. The van der Waals surface area contributed by atoms with Crippen LogP contribution in [0.3, 0.4) is 0 Å². The molecule has 0 aliphatic rings. The van der Waals surface area contributed by atoms with Crippen LogP contribution in [0.5, 0.6) is 0 Å². The summed E-state index contributed by atoms with van der Waals surface area (Å²) in [6.45, 7) is 1.93. The number of aromatic nitrogens is 3. The number of aryl methyl sites for hydroxylation is 1. The Balaban J connectivity index is 2.19. The van der Waals surface area contributed by atoms with Crippen molar-refractivity contribution in [3.63, 3.8) is 0 Å². The number of nitrogens with zero attached hydrogens (tertiary/aromatic N) is 3. The van der Waals surface area contributed by atoms with Gasteiger partial charge in [-0.3, -0.25) is 9.89 Å². The second-order valence-electron chi connectivity index (χ2n) is 4.09. The largest absolute Gasteiger partial charge is 0.334 e. The van der Waals surface area contributed by atoms with Crippen LogP contribution in [-0.2, 0) is 6.54 Å². The number of benzene rings is 1. The lowest BCUT2D eigenvalue weighted by Gasteiger charge is -2.16. The summed E-state index contributed by atoms with van der Waals surface area (Å²) in [7, 11) is 1.54. The van der Waals surface area contributed by atoms with Gasteiger partial charge in [0.25, 0.3) is 5.91 Å². The summed E-state index contributed by atoms with van der Waals surface area (Å²) in [4.78, 5) is 17.5. The molecule has 0 radical (unpaired) electrons. The molecule has 2 rings (SSSR count). The van der Waals surface area contributed by atoms with E-state index in [-0.39, 0.29) is 17.1 Å². The highest BCUT2D eigenvalue weighted by atomic mass is 35.5. The van der Waals surface area contributed by atoms with Crippen molar-refractivity contribution < 1.29 is 9.18 Å². The zero-order valence-corrected chi connectivity index (χ0v) is 11.2. The Bertz CT molecular complexity index is 593. The summed E-state index contributed by atoms with van der Waals surface area (Å²) < 4.78 is 13.6. The first-order valence-corrected chi connectivity index (χ1v) is 5.94. The summed E-state index contributed by atoms with van der Waals surface area (Å²) in [6, 6.07) is 4.12. The Morgan fingerprint density at radius 3 is 2.84 bits per heavy atom. The number of carbonyl (C=O) groups excluding carboxylic acids is 1. The van der Waals surface area contributed by atoms with Gasteiger partial charge in [0.2, 0.25) is 0 Å². The van der Waals surface area contributed by atoms with Gasteiger partial charge in [0.1, 0.15) is 11.6 Å². The van der Waals surface area contributed by atoms with Crippen LogP contribution in [0.15, 0.2) is 18.2 Å². The van der Waals surface area contributed by atoms with Crippen molar-refractivity contribution >= 4 is 17.5 Å². The number of H-pyrrole nitrogens is 1. The molecule has 5 nitrogen and oxygen atoms in total. The molecule has 0 saturated heterocycles. The van der Waals surface area contributed by atoms with Gasteiger partial charge in [0.05, 0.1) is 17.1 Å². The number of halogens is 2. The van der Waals surface area contributed by atoms with Crippen molar-refractivity contribution in [3.05, 3.63) is 46.3 Å². The van der Waals surface area contributed by atoms with E-state index in [2.05, 4.69) is 15.2 Å². The molecule has 0 aliphatic heterocycles. The monoisotopic (exact) mass is 282 g/mol. The van der Waals surface area contributed by atoms with E-state index in [1.54, 1.807) is 6.92 Å². The van der Waals surface area contributed by atoms with E-state index in [0.717, 1.165) is 0 Å². The van der Waals surface area contributed by atoms with Crippen molar-refractivity contribution in [1.29, 1.82) is 0 Å². The fourth-order valence-electron chi connectivity index (χ4n) is 1.64. The van der Waals surface area contributed by atoms with Crippen LogP contribution in [0, 0.1) is 12.7 Å². The molecule has 0 atom stereocenters. The molecule has 1 amide bonds. The predicted molar refractivity (Wildman–Crippen MR) is 68.3 cm³/mol. The smallest absolute Gasteiger partial charge is 0.258 e. The summed E-state index contributed by atoms with van der Waals surface area (Å²) in [6.07, 6.45) is 0. The van der Waals surface area contributed by atoms with Gasteiger partial charge in [0, 0.05) is 7.05 Å². The van der Waals surface area contributed by atoms with Crippen molar-refractivity contribution in [2.75, 3.05) is 7.05 Å². The number of rotatable bonds is 3. The van der Waals surface area contributed by atoms with Crippen LogP contribution < -0.4 is 0 Å². The zero-order chi connectivity index (χ0) is 14.0. The summed E-state index contributed by atoms with van der Waals surface area (Å²) in [5.41, 5.74) is -0.140. The van der Waals surface area contributed by atoms with Gasteiger partial charge in [-0.2, -0.15) is 5.10 Å². The molecule has 7 heteroatoms. The lowest BCUT2D eigenvalue weighted by atomic mass is 10.2. The van der Waals surface area contributed by atoms with Crippen LogP contribution in [0.2, 0.25) is 5.02 Å². The van der Waals surface area contributed by atoms with Crippen LogP contribution in [0.1, 0.15) is 22.0 Å². The first-order chi connectivity index (χ1) is 8.99. The van der Waals surface area contributed by atoms with Gasteiger partial charge in [-0.1, -0.05) is 17.7 Å². The van der Waals surface area contributed by atoms with Crippen molar-refractivity contribution in [2.24, 2.45) is 0 Å². The first kappa shape index (κ1) is 13.5. The van der Waals surface area contributed by atoms with Gasteiger partial charge in [-0.25, -0.2) is 9.37 Å². The second-order valence-corrected chi connectivity index (χ2v) is 4.50. The molecule has 100 valence electrons. The molecule has 1 aromatic heterocycles. The molecule has 0 unspecified atom stereocenters. The third kappa shape index (κ3) is 2.90. The van der Waals surface area contributed by atoms with E-state index < -0.39 is 11.7 Å². The SMILES string of the molecule is Cc1nc(CN(C)C(=O)c2c(F)cccc2Cl)n[nH]1. The minimum atomic E-state index is -0.643. The standard InChI is InChI=1S/C12H12ClFN4O/c1-7-15-10(17-16-7)6-18(2)12(19)11-8(13)4-3-5-9(11)14/h3-5H,6H2,1-2H3,(H,15,16,17). The third-order valence-corrected chi connectivity index (χ3v) is 2.86. The average Bonchev–Trinajstić information content (AvgIpc) is 2.74. The Hall–Kier alpha value is -1.95. The van der Waals surface area contributed by atoms with Gasteiger partial charge in [0.15, 0.2) is 5.82 Å². The van der Waals surface area contributed by atoms with E-state index in [1.165, 1.54) is 30.1 Å². The Labute approximate surface area is 114 Å². The third-order valence-electron chi connectivity index (χ3n) is 2.55. The van der Waals surface area contributed by atoms with Gasteiger partial charge >= 0.3 is 0 Å². The van der Waals surface area contributed by atoms with Gasteiger partial charge in [-0.05, 0) is 19.1 Å². The zero-order valence-electron chi connectivity index (χ0n) is 10.4. The molecule has 1 aromatic carbocycles. The summed E-state index contributed by atoms with van der Waals surface area (Å²) >= 11 is 5.85. The lowest BCUT2D eigenvalue weighted by molar-refractivity contribution is 0.0777. The fourth-order valence-corrected chi connectivity index (χ4v) is 1.88. The molecule has 0 fully saturated rings.